The molecule has 0 saturated carbocycles. The van der Waals surface area contributed by atoms with Crippen molar-refractivity contribution in [1.29, 1.82) is 5.26 Å². The number of piperidine rings is 1. The maximum absolute atomic E-state index is 13.5. The summed E-state index contributed by atoms with van der Waals surface area (Å²) in [5.74, 6) is 1.47. The van der Waals surface area contributed by atoms with Gasteiger partial charge in [0.15, 0.2) is 17.7 Å². The molecule has 3 aromatic heterocycles. The molecule has 57 heavy (non-hydrogen) atoms. The average Bonchev–Trinajstić information content (AvgIpc) is 3.58. The zero-order valence-corrected chi connectivity index (χ0v) is 34.5. The minimum Gasteiger partial charge on any atom is -0.493 e. The van der Waals surface area contributed by atoms with E-state index < -0.39 is 11.7 Å². The highest BCUT2D eigenvalue weighted by Gasteiger charge is 2.34. The lowest BCUT2D eigenvalue weighted by molar-refractivity contribution is -0.137. The third-order valence-corrected chi connectivity index (χ3v) is 11.3. The van der Waals surface area contributed by atoms with E-state index in [0.717, 1.165) is 30.2 Å². The molecule has 4 aromatic rings. The van der Waals surface area contributed by atoms with Crippen LogP contribution in [0.4, 0.5) is 10.6 Å². The Bertz CT molecular complexity index is 2140. The van der Waals surface area contributed by atoms with Crippen molar-refractivity contribution in [2.24, 2.45) is 5.92 Å². The zero-order chi connectivity index (χ0) is 40.4. The number of hydrogen-bond acceptors (Lipinski definition) is 11. The molecular formula is C41H48Cl2N8O6. The monoisotopic (exact) mass is 818 g/mol. The van der Waals surface area contributed by atoms with Crippen molar-refractivity contribution in [2.45, 2.75) is 77.7 Å². The lowest BCUT2D eigenvalue weighted by Crippen LogP contribution is -2.52. The summed E-state index contributed by atoms with van der Waals surface area (Å²) in [6.45, 7) is 11.1. The van der Waals surface area contributed by atoms with Gasteiger partial charge in [-0.2, -0.15) is 10.4 Å². The highest BCUT2D eigenvalue weighted by atomic mass is 35.5. The first-order valence-corrected chi connectivity index (χ1v) is 20.2. The van der Waals surface area contributed by atoms with Crippen LogP contribution in [0, 0.1) is 17.2 Å². The quantitative estimate of drug-likeness (QED) is 0.171. The van der Waals surface area contributed by atoms with Gasteiger partial charge in [0.1, 0.15) is 29.3 Å². The highest BCUT2D eigenvalue weighted by Crippen LogP contribution is 2.42. The smallest absolute Gasteiger partial charge is 0.410 e. The van der Waals surface area contributed by atoms with Crippen LogP contribution in [0.15, 0.2) is 36.8 Å². The van der Waals surface area contributed by atoms with Crippen LogP contribution in [-0.4, -0.2) is 100 Å². The summed E-state index contributed by atoms with van der Waals surface area (Å²) in [6.07, 6.45) is 7.62. The number of likely N-dealkylation sites (tertiary alicyclic amines) is 1. The minimum atomic E-state index is -0.564. The Kier molecular flexibility index (Phi) is 12.0. The van der Waals surface area contributed by atoms with Crippen molar-refractivity contribution in [3.05, 3.63) is 58.0 Å². The Balaban J connectivity index is 1.11. The molecule has 1 unspecified atom stereocenters. The number of amides is 2. The number of fused-ring (bicyclic) bond motifs is 1. The van der Waals surface area contributed by atoms with E-state index in [0.29, 0.717) is 108 Å². The van der Waals surface area contributed by atoms with E-state index in [4.69, 9.17) is 52.2 Å². The SMILES string of the molecule is COc1cc2c(cc1O[C@H](C)c1c(Cl)cncc1Cl)c(-c1cnc(N3CCN(C(=O)C4CCN(C(=O)OC(C)(C)C)CC4)CC3)c(C#N)c1)nn2C1CCCCO1. The number of pyridine rings is 2. The fourth-order valence-electron chi connectivity index (χ4n) is 7.76. The van der Waals surface area contributed by atoms with Gasteiger partial charge in [-0.15, -0.1) is 0 Å². The number of aromatic nitrogens is 4. The van der Waals surface area contributed by atoms with Gasteiger partial charge in [-0.1, -0.05) is 23.2 Å². The summed E-state index contributed by atoms with van der Waals surface area (Å²) in [6, 6.07) is 7.94. The van der Waals surface area contributed by atoms with Crippen LogP contribution in [0.2, 0.25) is 10.0 Å². The predicted octanol–water partition coefficient (Wildman–Crippen LogP) is 7.82. The van der Waals surface area contributed by atoms with Gasteiger partial charge in [0, 0.05) is 93.0 Å². The second-order valence-corrected chi connectivity index (χ2v) is 16.5. The molecule has 0 spiro atoms. The van der Waals surface area contributed by atoms with Crippen molar-refractivity contribution >= 4 is 51.9 Å². The Labute approximate surface area is 342 Å². The molecule has 14 nitrogen and oxygen atoms in total. The van der Waals surface area contributed by atoms with Crippen LogP contribution in [0.1, 0.15) is 83.3 Å². The van der Waals surface area contributed by atoms with Crippen LogP contribution in [0.5, 0.6) is 11.5 Å². The molecule has 7 rings (SSSR count). The predicted molar refractivity (Wildman–Crippen MR) is 216 cm³/mol. The number of anilines is 1. The summed E-state index contributed by atoms with van der Waals surface area (Å²) in [5, 5.41) is 17.0. The van der Waals surface area contributed by atoms with Crippen LogP contribution in [0.25, 0.3) is 22.2 Å². The molecule has 1 aromatic carbocycles. The number of carbonyl (C=O) groups is 2. The molecule has 0 bridgehead atoms. The fourth-order valence-corrected chi connectivity index (χ4v) is 8.43. The number of methoxy groups -OCH3 is 1. The molecule has 16 heteroatoms. The van der Waals surface area contributed by atoms with Crippen LogP contribution < -0.4 is 14.4 Å². The number of rotatable bonds is 8. The van der Waals surface area contributed by atoms with Crippen molar-refractivity contribution < 1.29 is 28.5 Å². The molecule has 6 heterocycles. The first kappa shape index (κ1) is 40.4. The molecule has 3 aliphatic heterocycles. The van der Waals surface area contributed by atoms with Gasteiger partial charge in [0.25, 0.3) is 0 Å². The second kappa shape index (κ2) is 16.9. The van der Waals surface area contributed by atoms with E-state index in [1.165, 1.54) is 12.4 Å². The molecule has 302 valence electrons. The molecule has 3 aliphatic rings. The maximum Gasteiger partial charge on any atom is 0.410 e. The largest absolute Gasteiger partial charge is 0.493 e. The Morgan fingerprint density at radius 3 is 2.30 bits per heavy atom. The van der Waals surface area contributed by atoms with Gasteiger partial charge < -0.3 is 33.6 Å². The fraction of sp³-hybridized carbons (Fsp3) is 0.512. The van der Waals surface area contributed by atoms with E-state index >= 15 is 0 Å². The van der Waals surface area contributed by atoms with Gasteiger partial charge in [0.2, 0.25) is 5.91 Å². The number of nitrogens with zero attached hydrogens (tertiary/aromatic N) is 8. The van der Waals surface area contributed by atoms with Crippen molar-refractivity contribution in [3.8, 4) is 28.8 Å². The Morgan fingerprint density at radius 2 is 1.67 bits per heavy atom. The van der Waals surface area contributed by atoms with E-state index in [1.54, 1.807) is 18.2 Å². The van der Waals surface area contributed by atoms with E-state index in [2.05, 4.69) is 16.0 Å². The Hall–Kier alpha value is -4.84. The van der Waals surface area contributed by atoms with E-state index in [9.17, 15) is 14.9 Å². The zero-order valence-electron chi connectivity index (χ0n) is 33.0. The number of hydrogen-bond donors (Lipinski definition) is 0. The number of nitriles is 1. The van der Waals surface area contributed by atoms with Gasteiger partial charge >= 0.3 is 6.09 Å². The Morgan fingerprint density at radius 1 is 0.947 bits per heavy atom. The summed E-state index contributed by atoms with van der Waals surface area (Å²) in [4.78, 5) is 40.6. The first-order valence-electron chi connectivity index (χ1n) is 19.4. The van der Waals surface area contributed by atoms with Gasteiger partial charge in [-0.05, 0) is 71.9 Å². The minimum absolute atomic E-state index is 0.105. The van der Waals surface area contributed by atoms with Crippen LogP contribution in [0.3, 0.4) is 0 Å². The molecule has 3 saturated heterocycles. The van der Waals surface area contributed by atoms with Crippen molar-refractivity contribution in [3.63, 3.8) is 0 Å². The normalized spacial score (nSPS) is 18.6. The summed E-state index contributed by atoms with van der Waals surface area (Å²) in [5.41, 5.74) is 2.50. The van der Waals surface area contributed by atoms with Crippen LogP contribution >= 0.6 is 23.2 Å². The van der Waals surface area contributed by atoms with Crippen LogP contribution in [-0.2, 0) is 14.3 Å². The molecule has 0 aliphatic carbocycles. The summed E-state index contributed by atoms with van der Waals surface area (Å²) >= 11 is 13.0. The molecule has 0 radical (unpaired) electrons. The number of piperazine rings is 1. The third kappa shape index (κ3) is 8.71. The third-order valence-electron chi connectivity index (χ3n) is 10.7. The summed E-state index contributed by atoms with van der Waals surface area (Å²) in [7, 11) is 1.58. The van der Waals surface area contributed by atoms with E-state index in [1.807, 2.05) is 55.5 Å². The first-order chi connectivity index (χ1) is 27.3. The number of ether oxygens (including phenoxy) is 4. The molecule has 2 atom stereocenters. The molecule has 2 amide bonds. The number of carbonyl (C=O) groups excluding carboxylic acids is 2. The van der Waals surface area contributed by atoms with Crippen molar-refractivity contribution in [2.75, 3.05) is 57.9 Å². The van der Waals surface area contributed by atoms with Gasteiger partial charge in [-0.25, -0.2) is 14.5 Å². The van der Waals surface area contributed by atoms with Gasteiger partial charge in [-0.3, -0.25) is 9.78 Å². The second-order valence-electron chi connectivity index (χ2n) is 15.7. The topological polar surface area (TPSA) is 148 Å². The standard InChI is InChI=1S/C41H48Cl2N8O6/c1-25(36-30(42)23-45-24-31(36)43)56-34-19-29-32(20-33(34)54-5)51(35-8-6-7-17-55-35)47-37(29)28-18-27(21-44)38(46-22-28)48-13-15-49(16-14-48)39(52)26-9-11-50(12-10-26)40(53)57-41(2,3)4/h18-20,22-26,35H,6-17H2,1-5H3/t25-,35?/m1/s1. The molecule has 3 fully saturated rings. The highest BCUT2D eigenvalue weighted by molar-refractivity contribution is 6.35. The van der Waals surface area contributed by atoms with Gasteiger partial charge in [0.05, 0.1) is 28.2 Å². The van der Waals surface area contributed by atoms with Crippen molar-refractivity contribution in [1.82, 2.24) is 29.5 Å². The van der Waals surface area contributed by atoms with E-state index in [-0.39, 0.29) is 24.1 Å². The number of benzene rings is 1. The number of halogens is 2. The molecular weight excluding hydrogens is 771 g/mol. The lowest BCUT2D eigenvalue weighted by atomic mass is 9.95. The lowest BCUT2D eigenvalue weighted by Gasteiger charge is -2.39. The summed E-state index contributed by atoms with van der Waals surface area (Å²) < 4.78 is 25.9. The molecule has 0 N–H and O–H groups in total. The maximum atomic E-state index is 13.5. The average molecular weight is 820 g/mol.